The molecule has 0 aliphatic carbocycles. The standard InChI is InChI=1S/C9H16N4O3/c1-15-4-6(14)3-11-8-7(10)9(16-2)13-5-12-8/h5-6,14H,3-4,10H2,1-2H3,(H,11,12,13). The number of hydrogen-bond acceptors (Lipinski definition) is 7. The molecular formula is C9H16N4O3. The van der Waals surface area contributed by atoms with Gasteiger partial charge in [-0.3, -0.25) is 0 Å². The van der Waals surface area contributed by atoms with Gasteiger partial charge in [0, 0.05) is 13.7 Å². The van der Waals surface area contributed by atoms with Gasteiger partial charge in [-0.25, -0.2) is 4.98 Å². The van der Waals surface area contributed by atoms with Gasteiger partial charge in [0.15, 0.2) is 5.82 Å². The van der Waals surface area contributed by atoms with Crippen molar-refractivity contribution in [1.82, 2.24) is 9.97 Å². The van der Waals surface area contributed by atoms with Gasteiger partial charge in [0.25, 0.3) is 0 Å². The largest absolute Gasteiger partial charge is 0.479 e. The van der Waals surface area contributed by atoms with Gasteiger partial charge >= 0.3 is 0 Å². The predicted molar refractivity (Wildman–Crippen MR) is 59.4 cm³/mol. The highest BCUT2D eigenvalue weighted by Gasteiger charge is 2.09. The minimum atomic E-state index is -0.620. The fourth-order valence-electron chi connectivity index (χ4n) is 1.15. The van der Waals surface area contributed by atoms with E-state index < -0.39 is 6.10 Å². The third kappa shape index (κ3) is 3.21. The summed E-state index contributed by atoms with van der Waals surface area (Å²) in [5, 5.41) is 12.3. The zero-order chi connectivity index (χ0) is 12.0. The number of aliphatic hydroxyl groups is 1. The van der Waals surface area contributed by atoms with E-state index >= 15 is 0 Å². The minimum Gasteiger partial charge on any atom is -0.479 e. The van der Waals surface area contributed by atoms with E-state index in [0.717, 1.165) is 0 Å². The Morgan fingerprint density at radius 3 is 2.88 bits per heavy atom. The van der Waals surface area contributed by atoms with Crippen molar-refractivity contribution in [3.05, 3.63) is 6.33 Å². The van der Waals surface area contributed by atoms with Gasteiger partial charge in [0.1, 0.15) is 12.0 Å². The van der Waals surface area contributed by atoms with Crippen molar-refractivity contribution in [3.63, 3.8) is 0 Å². The Kier molecular flexibility index (Phi) is 4.74. The summed E-state index contributed by atoms with van der Waals surface area (Å²) in [7, 11) is 2.99. The van der Waals surface area contributed by atoms with Crippen molar-refractivity contribution in [1.29, 1.82) is 0 Å². The molecule has 0 saturated heterocycles. The number of ether oxygens (including phenoxy) is 2. The summed E-state index contributed by atoms with van der Waals surface area (Å²) in [5.41, 5.74) is 6.04. The van der Waals surface area contributed by atoms with E-state index in [1.54, 1.807) is 0 Å². The average molecular weight is 228 g/mol. The highest BCUT2D eigenvalue weighted by molar-refractivity contribution is 5.66. The van der Waals surface area contributed by atoms with E-state index in [1.165, 1.54) is 20.5 Å². The van der Waals surface area contributed by atoms with Crippen LogP contribution in [-0.2, 0) is 4.74 Å². The van der Waals surface area contributed by atoms with Crippen LogP contribution < -0.4 is 15.8 Å². The number of rotatable bonds is 6. The topological polar surface area (TPSA) is 103 Å². The molecule has 7 heteroatoms. The fraction of sp³-hybridized carbons (Fsp3) is 0.556. The van der Waals surface area contributed by atoms with Crippen LogP contribution in [0.15, 0.2) is 6.33 Å². The highest BCUT2D eigenvalue weighted by Crippen LogP contribution is 2.23. The molecule has 0 spiro atoms. The zero-order valence-electron chi connectivity index (χ0n) is 9.30. The fourth-order valence-corrected chi connectivity index (χ4v) is 1.15. The van der Waals surface area contributed by atoms with E-state index in [1.807, 2.05) is 0 Å². The number of methoxy groups -OCH3 is 2. The van der Waals surface area contributed by atoms with Crippen LogP contribution in [0.3, 0.4) is 0 Å². The van der Waals surface area contributed by atoms with Crippen LogP contribution in [0.5, 0.6) is 5.88 Å². The van der Waals surface area contributed by atoms with Crippen molar-refractivity contribution >= 4 is 11.5 Å². The minimum absolute atomic E-state index is 0.245. The second-order valence-corrected chi connectivity index (χ2v) is 3.14. The first-order valence-corrected chi connectivity index (χ1v) is 4.74. The molecule has 1 rings (SSSR count). The van der Waals surface area contributed by atoms with Crippen LogP contribution in [0.4, 0.5) is 11.5 Å². The van der Waals surface area contributed by atoms with Gasteiger partial charge in [-0.15, -0.1) is 0 Å². The monoisotopic (exact) mass is 228 g/mol. The summed E-state index contributed by atoms with van der Waals surface area (Å²) in [6.45, 7) is 0.535. The third-order valence-electron chi connectivity index (χ3n) is 1.90. The van der Waals surface area contributed by atoms with Gasteiger partial charge in [-0.2, -0.15) is 4.98 Å². The normalized spacial score (nSPS) is 12.2. The molecule has 0 aliphatic rings. The molecule has 1 aromatic rings. The molecule has 0 bridgehead atoms. The summed E-state index contributed by atoms with van der Waals surface area (Å²) < 4.78 is 9.73. The van der Waals surface area contributed by atoms with E-state index in [-0.39, 0.29) is 13.2 Å². The lowest BCUT2D eigenvalue weighted by atomic mass is 10.3. The predicted octanol–water partition coefficient (Wildman–Crippen LogP) is -0.513. The van der Waals surface area contributed by atoms with Gasteiger partial charge in [-0.1, -0.05) is 0 Å². The molecule has 0 aliphatic heterocycles. The van der Waals surface area contributed by atoms with Crippen LogP contribution in [0.25, 0.3) is 0 Å². The molecule has 0 fully saturated rings. The number of nitrogen functional groups attached to an aromatic ring is 1. The SMILES string of the molecule is COCC(O)CNc1ncnc(OC)c1N. The number of anilines is 2. The highest BCUT2D eigenvalue weighted by atomic mass is 16.5. The van der Waals surface area contributed by atoms with E-state index in [0.29, 0.717) is 17.4 Å². The molecule has 0 aromatic carbocycles. The molecule has 1 heterocycles. The van der Waals surface area contributed by atoms with Crippen molar-refractivity contribution in [2.45, 2.75) is 6.10 Å². The van der Waals surface area contributed by atoms with Crippen molar-refractivity contribution in [2.75, 3.05) is 38.4 Å². The quantitative estimate of drug-likeness (QED) is 0.602. The summed E-state index contributed by atoms with van der Waals surface area (Å²) in [5.74, 6) is 0.737. The summed E-state index contributed by atoms with van der Waals surface area (Å²) in [4.78, 5) is 7.78. The van der Waals surface area contributed by atoms with Crippen LogP contribution >= 0.6 is 0 Å². The molecule has 90 valence electrons. The Labute approximate surface area is 93.6 Å². The number of aliphatic hydroxyl groups excluding tert-OH is 1. The second-order valence-electron chi connectivity index (χ2n) is 3.14. The maximum Gasteiger partial charge on any atom is 0.242 e. The second kappa shape index (κ2) is 6.09. The first-order chi connectivity index (χ1) is 7.69. The van der Waals surface area contributed by atoms with Crippen molar-refractivity contribution in [2.24, 2.45) is 0 Å². The molecule has 0 saturated carbocycles. The van der Waals surface area contributed by atoms with Crippen LogP contribution in [0, 0.1) is 0 Å². The maximum absolute atomic E-state index is 9.42. The van der Waals surface area contributed by atoms with E-state index in [9.17, 15) is 5.11 Å². The van der Waals surface area contributed by atoms with Gasteiger partial charge in [0.05, 0.1) is 19.8 Å². The Bertz CT molecular complexity index is 335. The van der Waals surface area contributed by atoms with E-state index in [2.05, 4.69) is 15.3 Å². The van der Waals surface area contributed by atoms with Crippen LogP contribution in [0.2, 0.25) is 0 Å². The van der Waals surface area contributed by atoms with Gasteiger partial charge in [-0.05, 0) is 0 Å². The lowest BCUT2D eigenvalue weighted by Crippen LogP contribution is -2.25. The van der Waals surface area contributed by atoms with E-state index in [4.69, 9.17) is 15.2 Å². The molecule has 16 heavy (non-hydrogen) atoms. The molecule has 7 nitrogen and oxygen atoms in total. The van der Waals surface area contributed by atoms with Crippen molar-refractivity contribution in [3.8, 4) is 5.88 Å². The Morgan fingerprint density at radius 2 is 2.25 bits per heavy atom. The number of nitrogens with one attached hydrogen (secondary N) is 1. The maximum atomic E-state index is 9.42. The third-order valence-corrected chi connectivity index (χ3v) is 1.90. The lowest BCUT2D eigenvalue weighted by molar-refractivity contribution is 0.0727. The first kappa shape index (κ1) is 12.5. The number of hydrogen-bond donors (Lipinski definition) is 3. The van der Waals surface area contributed by atoms with Gasteiger partial charge < -0.3 is 25.6 Å². The lowest BCUT2D eigenvalue weighted by Gasteiger charge is -2.13. The van der Waals surface area contributed by atoms with Crippen molar-refractivity contribution < 1.29 is 14.6 Å². The Balaban J connectivity index is 2.60. The average Bonchev–Trinajstić information content (AvgIpc) is 2.28. The summed E-state index contributed by atoms with van der Waals surface area (Å²) in [6, 6.07) is 0. The number of nitrogens with two attached hydrogens (primary N) is 1. The smallest absolute Gasteiger partial charge is 0.242 e. The van der Waals surface area contributed by atoms with Gasteiger partial charge in [0.2, 0.25) is 5.88 Å². The Hall–Kier alpha value is -1.60. The molecule has 0 amide bonds. The number of aromatic nitrogens is 2. The number of nitrogens with zero attached hydrogens (tertiary/aromatic N) is 2. The molecule has 4 N–H and O–H groups in total. The molecule has 1 unspecified atom stereocenters. The molecule has 1 atom stereocenters. The summed E-state index contributed by atoms with van der Waals surface area (Å²) >= 11 is 0. The van der Waals surface area contributed by atoms with Crippen LogP contribution in [0.1, 0.15) is 0 Å². The molecule has 0 radical (unpaired) electrons. The zero-order valence-corrected chi connectivity index (χ0v) is 9.30. The first-order valence-electron chi connectivity index (χ1n) is 4.74. The Morgan fingerprint density at radius 1 is 1.50 bits per heavy atom. The summed E-state index contributed by atoms with van der Waals surface area (Å²) in [6.07, 6.45) is 0.714. The van der Waals surface area contributed by atoms with Crippen LogP contribution in [-0.4, -0.2) is 48.5 Å². The molecule has 1 aromatic heterocycles. The molecular weight excluding hydrogens is 212 g/mol.